The number of methoxy groups -OCH3 is 1. The van der Waals surface area contributed by atoms with Gasteiger partial charge in [-0.2, -0.15) is 0 Å². The van der Waals surface area contributed by atoms with Gasteiger partial charge in [0, 0.05) is 25.2 Å². The minimum atomic E-state index is 0.404. The maximum Gasteiger partial charge on any atom is 0.0615 e. The summed E-state index contributed by atoms with van der Waals surface area (Å²) in [4.78, 5) is 2.51. The van der Waals surface area contributed by atoms with Crippen molar-refractivity contribution < 1.29 is 4.74 Å². The fourth-order valence-electron chi connectivity index (χ4n) is 3.20. The van der Waals surface area contributed by atoms with E-state index < -0.39 is 0 Å². The van der Waals surface area contributed by atoms with Crippen LogP contribution in [-0.2, 0) is 4.74 Å². The first-order chi connectivity index (χ1) is 8.44. The minimum absolute atomic E-state index is 0.404. The van der Waals surface area contributed by atoms with Crippen molar-refractivity contribution in [2.24, 2.45) is 5.41 Å². The Kier molecular flexibility index (Phi) is 6.09. The topological polar surface area (TPSA) is 24.5 Å². The van der Waals surface area contributed by atoms with Crippen LogP contribution in [0.3, 0.4) is 0 Å². The normalized spacial score (nSPS) is 28.8. The Bertz CT molecular complexity index is 243. The van der Waals surface area contributed by atoms with Crippen LogP contribution in [0.2, 0.25) is 0 Å². The molecule has 1 saturated carbocycles. The predicted molar refractivity (Wildman–Crippen MR) is 78.0 cm³/mol. The van der Waals surface area contributed by atoms with E-state index in [-0.39, 0.29) is 0 Å². The Morgan fingerprint density at radius 1 is 1.44 bits per heavy atom. The van der Waals surface area contributed by atoms with E-state index in [4.69, 9.17) is 4.74 Å². The maximum atomic E-state index is 5.29. The minimum Gasteiger partial charge on any atom is -0.383 e. The Morgan fingerprint density at radius 3 is 2.67 bits per heavy atom. The third-order valence-electron chi connectivity index (χ3n) is 4.55. The SMILES string of the molecule is CCCNC1C(N(C)C(C)COC)CCC1(C)C. The van der Waals surface area contributed by atoms with Crippen LogP contribution in [0.4, 0.5) is 0 Å². The fourth-order valence-corrected chi connectivity index (χ4v) is 3.20. The standard InChI is InChI=1S/C15H32N2O/c1-7-10-16-14-13(8-9-15(14,3)4)17(5)12(2)11-18-6/h12-14,16H,7-11H2,1-6H3. The summed E-state index contributed by atoms with van der Waals surface area (Å²) >= 11 is 0. The number of ether oxygens (including phenoxy) is 1. The molecule has 1 aliphatic rings. The molecule has 0 aliphatic heterocycles. The highest BCUT2D eigenvalue weighted by molar-refractivity contribution is 5.01. The quantitative estimate of drug-likeness (QED) is 0.757. The number of rotatable bonds is 7. The van der Waals surface area contributed by atoms with Crippen LogP contribution >= 0.6 is 0 Å². The lowest BCUT2D eigenvalue weighted by Gasteiger charge is -2.38. The predicted octanol–water partition coefficient (Wildman–Crippen LogP) is 2.51. The third kappa shape index (κ3) is 3.69. The van der Waals surface area contributed by atoms with Crippen molar-refractivity contribution in [3.63, 3.8) is 0 Å². The monoisotopic (exact) mass is 256 g/mol. The molecule has 108 valence electrons. The van der Waals surface area contributed by atoms with Crippen LogP contribution in [0.1, 0.15) is 47.0 Å². The van der Waals surface area contributed by atoms with Crippen LogP contribution in [0.15, 0.2) is 0 Å². The van der Waals surface area contributed by atoms with Crippen molar-refractivity contribution in [1.82, 2.24) is 10.2 Å². The van der Waals surface area contributed by atoms with E-state index >= 15 is 0 Å². The number of nitrogens with one attached hydrogen (secondary N) is 1. The first kappa shape index (κ1) is 15.9. The van der Waals surface area contributed by atoms with Gasteiger partial charge >= 0.3 is 0 Å². The van der Waals surface area contributed by atoms with Crippen molar-refractivity contribution >= 4 is 0 Å². The molecule has 3 unspecified atom stereocenters. The number of hydrogen-bond acceptors (Lipinski definition) is 3. The summed E-state index contributed by atoms with van der Waals surface area (Å²) in [7, 11) is 4.03. The van der Waals surface area contributed by atoms with E-state index in [0.29, 0.717) is 23.5 Å². The molecule has 1 aliphatic carbocycles. The maximum absolute atomic E-state index is 5.29. The number of hydrogen-bond donors (Lipinski definition) is 1. The van der Waals surface area contributed by atoms with E-state index in [1.165, 1.54) is 19.3 Å². The molecule has 0 saturated heterocycles. The zero-order valence-electron chi connectivity index (χ0n) is 13.1. The highest BCUT2D eigenvalue weighted by Gasteiger charge is 2.43. The second-order valence-corrected chi connectivity index (χ2v) is 6.50. The van der Waals surface area contributed by atoms with Crippen molar-refractivity contribution in [2.75, 3.05) is 27.3 Å². The van der Waals surface area contributed by atoms with Crippen LogP contribution in [0.25, 0.3) is 0 Å². The Labute approximate surface area is 113 Å². The lowest BCUT2D eigenvalue weighted by molar-refractivity contribution is 0.0735. The Balaban J connectivity index is 2.67. The molecular weight excluding hydrogens is 224 g/mol. The van der Waals surface area contributed by atoms with Crippen molar-refractivity contribution in [3.05, 3.63) is 0 Å². The summed E-state index contributed by atoms with van der Waals surface area (Å²) in [5.74, 6) is 0. The fraction of sp³-hybridized carbons (Fsp3) is 1.00. The van der Waals surface area contributed by atoms with Crippen LogP contribution in [0, 0.1) is 5.41 Å². The molecule has 3 atom stereocenters. The third-order valence-corrected chi connectivity index (χ3v) is 4.55. The summed E-state index contributed by atoms with van der Waals surface area (Å²) in [5.41, 5.74) is 0.404. The summed E-state index contributed by atoms with van der Waals surface area (Å²) in [6, 6.07) is 1.72. The smallest absolute Gasteiger partial charge is 0.0615 e. The summed E-state index contributed by atoms with van der Waals surface area (Å²) < 4.78 is 5.29. The van der Waals surface area contributed by atoms with E-state index in [1.807, 2.05) is 0 Å². The molecule has 1 N–H and O–H groups in total. The molecule has 0 aromatic carbocycles. The molecule has 0 heterocycles. The van der Waals surface area contributed by atoms with Gasteiger partial charge in [0.05, 0.1) is 6.61 Å². The van der Waals surface area contributed by atoms with Gasteiger partial charge in [0.25, 0.3) is 0 Å². The second-order valence-electron chi connectivity index (χ2n) is 6.50. The first-order valence-corrected chi connectivity index (χ1v) is 7.38. The molecule has 1 rings (SSSR count). The van der Waals surface area contributed by atoms with E-state index in [2.05, 4.69) is 45.0 Å². The average molecular weight is 256 g/mol. The molecule has 0 amide bonds. The number of nitrogens with zero attached hydrogens (tertiary/aromatic N) is 1. The van der Waals surface area contributed by atoms with Gasteiger partial charge in [-0.3, -0.25) is 4.90 Å². The highest BCUT2D eigenvalue weighted by Crippen LogP contribution is 2.40. The molecule has 0 bridgehead atoms. The van der Waals surface area contributed by atoms with E-state index in [1.54, 1.807) is 7.11 Å². The van der Waals surface area contributed by atoms with Gasteiger partial charge in [0.2, 0.25) is 0 Å². The summed E-state index contributed by atoms with van der Waals surface area (Å²) in [6.07, 6.45) is 3.80. The van der Waals surface area contributed by atoms with E-state index in [9.17, 15) is 0 Å². The molecule has 0 aromatic rings. The first-order valence-electron chi connectivity index (χ1n) is 7.38. The van der Waals surface area contributed by atoms with Gasteiger partial charge in [0.15, 0.2) is 0 Å². The van der Waals surface area contributed by atoms with Gasteiger partial charge in [0.1, 0.15) is 0 Å². The van der Waals surface area contributed by atoms with Crippen molar-refractivity contribution in [3.8, 4) is 0 Å². The zero-order valence-corrected chi connectivity index (χ0v) is 13.1. The highest BCUT2D eigenvalue weighted by atomic mass is 16.5. The molecule has 18 heavy (non-hydrogen) atoms. The molecule has 0 spiro atoms. The van der Waals surface area contributed by atoms with E-state index in [0.717, 1.165) is 13.2 Å². The van der Waals surface area contributed by atoms with Gasteiger partial charge in [-0.15, -0.1) is 0 Å². The van der Waals surface area contributed by atoms with Crippen LogP contribution < -0.4 is 5.32 Å². The van der Waals surface area contributed by atoms with Gasteiger partial charge in [-0.25, -0.2) is 0 Å². The lowest BCUT2D eigenvalue weighted by Crippen LogP contribution is -2.53. The molecule has 3 nitrogen and oxygen atoms in total. The van der Waals surface area contributed by atoms with Gasteiger partial charge in [-0.05, 0) is 45.2 Å². The van der Waals surface area contributed by atoms with Gasteiger partial charge in [-0.1, -0.05) is 20.8 Å². The Morgan fingerprint density at radius 2 is 2.11 bits per heavy atom. The van der Waals surface area contributed by atoms with Crippen LogP contribution in [-0.4, -0.2) is 50.3 Å². The molecule has 0 aromatic heterocycles. The zero-order chi connectivity index (χ0) is 13.8. The van der Waals surface area contributed by atoms with Crippen molar-refractivity contribution in [1.29, 1.82) is 0 Å². The van der Waals surface area contributed by atoms with Crippen LogP contribution in [0.5, 0.6) is 0 Å². The average Bonchev–Trinajstić information content (AvgIpc) is 2.61. The Hall–Kier alpha value is -0.120. The molecule has 0 radical (unpaired) electrons. The summed E-state index contributed by atoms with van der Waals surface area (Å²) in [5, 5.41) is 3.77. The molecule has 1 fully saturated rings. The second kappa shape index (κ2) is 6.88. The summed E-state index contributed by atoms with van der Waals surface area (Å²) in [6.45, 7) is 11.2. The molecular formula is C15H32N2O. The van der Waals surface area contributed by atoms with Gasteiger partial charge < -0.3 is 10.1 Å². The largest absolute Gasteiger partial charge is 0.383 e. The van der Waals surface area contributed by atoms with Crippen molar-refractivity contribution in [2.45, 2.75) is 65.1 Å². The lowest BCUT2D eigenvalue weighted by atomic mass is 9.86. The number of likely N-dealkylation sites (N-methyl/N-ethyl adjacent to an activating group) is 1. The molecule has 3 heteroatoms.